The SMILES string of the molecule is N[C@H]1CCc2cc(Cl)ncc21. The molecule has 3 heteroatoms. The molecule has 1 atom stereocenters. The summed E-state index contributed by atoms with van der Waals surface area (Å²) in [6, 6.07) is 2.08. The number of nitrogens with two attached hydrogens (primary N) is 1. The molecule has 0 fully saturated rings. The topological polar surface area (TPSA) is 38.9 Å². The summed E-state index contributed by atoms with van der Waals surface area (Å²) in [5.74, 6) is 0. The summed E-state index contributed by atoms with van der Waals surface area (Å²) < 4.78 is 0. The van der Waals surface area contributed by atoms with Crippen LogP contribution >= 0.6 is 11.6 Å². The van der Waals surface area contributed by atoms with E-state index in [1.807, 2.05) is 6.07 Å². The van der Waals surface area contributed by atoms with E-state index in [2.05, 4.69) is 4.98 Å². The molecule has 0 aromatic carbocycles. The normalized spacial score (nSPS) is 21.8. The fourth-order valence-electron chi connectivity index (χ4n) is 1.50. The highest BCUT2D eigenvalue weighted by molar-refractivity contribution is 6.29. The van der Waals surface area contributed by atoms with Gasteiger partial charge in [-0.05, 0) is 30.0 Å². The van der Waals surface area contributed by atoms with E-state index in [0.717, 1.165) is 18.4 Å². The summed E-state index contributed by atoms with van der Waals surface area (Å²) in [5.41, 5.74) is 8.24. The van der Waals surface area contributed by atoms with Crippen LogP contribution in [-0.2, 0) is 6.42 Å². The Morgan fingerprint density at radius 2 is 2.45 bits per heavy atom. The lowest BCUT2D eigenvalue weighted by Crippen LogP contribution is -2.05. The van der Waals surface area contributed by atoms with Crippen molar-refractivity contribution in [3.63, 3.8) is 0 Å². The van der Waals surface area contributed by atoms with Gasteiger partial charge in [-0.15, -0.1) is 0 Å². The molecular weight excluding hydrogens is 160 g/mol. The number of halogens is 1. The first-order chi connectivity index (χ1) is 5.27. The molecule has 0 aliphatic heterocycles. The van der Waals surface area contributed by atoms with E-state index < -0.39 is 0 Å². The Kier molecular flexibility index (Phi) is 1.59. The Morgan fingerprint density at radius 3 is 3.27 bits per heavy atom. The molecule has 11 heavy (non-hydrogen) atoms. The van der Waals surface area contributed by atoms with Gasteiger partial charge in [0.2, 0.25) is 0 Å². The number of hydrogen-bond acceptors (Lipinski definition) is 2. The Bertz CT molecular complexity index is 285. The van der Waals surface area contributed by atoms with Crippen molar-refractivity contribution in [3.05, 3.63) is 28.5 Å². The molecule has 1 aliphatic rings. The Hall–Kier alpha value is -0.600. The minimum absolute atomic E-state index is 0.176. The van der Waals surface area contributed by atoms with Gasteiger partial charge >= 0.3 is 0 Å². The van der Waals surface area contributed by atoms with Crippen LogP contribution in [0.5, 0.6) is 0 Å². The second-order valence-electron chi connectivity index (χ2n) is 2.85. The third-order valence-electron chi connectivity index (χ3n) is 2.12. The van der Waals surface area contributed by atoms with Gasteiger partial charge in [-0.1, -0.05) is 11.6 Å². The molecule has 0 spiro atoms. The van der Waals surface area contributed by atoms with Crippen LogP contribution in [0, 0.1) is 0 Å². The van der Waals surface area contributed by atoms with Crippen molar-refractivity contribution in [2.45, 2.75) is 18.9 Å². The molecule has 0 unspecified atom stereocenters. The highest BCUT2D eigenvalue weighted by Gasteiger charge is 2.18. The second-order valence-corrected chi connectivity index (χ2v) is 3.24. The van der Waals surface area contributed by atoms with Crippen LogP contribution in [0.3, 0.4) is 0 Å². The van der Waals surface area contributed by atoms with Gasteiger partial charge in [-0.25, -0.2) is 4.98 Å². The largest absolute Gasteiger partial charge is 0.324 e. The second kappa shape index (κ2) is 2.47. The van der Waals surface area contributed by atoms with Gasteiger partial charge in [0.05, 0.1) is 0 Å². The van der Waals surface area contributed by atoms with Crippen molar-refractivity contribution >= 4 is 11.6 Å². The van der Waals surface area contributed by atoms with Crippen molar-refractivity contribution in [1.29, 1.82) is 0 Å². The maximum Gasteiger partial charge on any atom is 0.129 e. The number of aromatic nitrogens is 1. The highest BCUT2D eigenvalue weighted by atomic mass is 35.5. The van der Waals surface area contributed by atoms with E-state index >= 15 is 0 Å². The minimum Gasteiger partial charge on any atom is -0.324 e. The number of rotatable bonds is 0. The molecule has 1 aromatic rings. The molecule has 58 valence electrons. The van der Waals surface area contributed by atoms with Gasteiger partial charge < -0.3 is 5.73 Å². The third-order valence-corrected chi connectivity index (χ3v) is 2.32. The van der Waals surface area contributed by atoms with Gasteiger partial charge in [0, 0.05) is 12.2 Å². The molecule has 0 bridgehead atoms. The molecule has 0 saturated heterocycles. The standard InChI is InChI=1S/C8H9ClN2/c9-8-3-5-1-2-7(10)6(5)4-11-8/h3-4,7H,1-2,10H2/t7-/m0/s1. The van der Waals surface area contributed by atoms with Gasteiger partial charge in [-0.2, -0.15) is 0 Å². The van der Waals surface area contributed by atoms with Gasteiger partial charge in [-0.3, -0.25) is 0 Å². The van der Waals surface area contributed by atoms with Crippen LogP contribution in [-0.4, -0.2) is 4.98 Å². The van der Waals surface area contributed by atoms with E-state index in [4.69, 9.17) is 17.3 Å². The quantitative estimate of drug-likeness (QED) is 0.599. The molecule has 0 amide bonds. The van der Waals surface area contributed by atoms with E-state index in [-0.39, 0.29) is 6.04 Å². The summed E-state index contributed by atoms with van der Waals surface area (Å²) in [6.07, 6.45) is 3.85. The fraction of sp³-hybridized carbons (Fsp3) is 0.375. The zero-order valence-electron chi connectivity index (χ0n) is 6.05. The summed E-state index contributed by atoms with van der Waals surface area (Å²) >= 11 is 5.72. The molecule has 2 nitrogen and oxygen atoms in total. The van der Waals surface area contributed by atoms with Crippen molar-refractivity contribution in [2.24, 2.45) is 5.73 Å². The Labute approximate surface area is 70.4 Å². The van der Waals surface area contributed by atoms with Crippen LogP contribution in [0.2, 0.25) is 5.15 Å². The van der Waals surface area contributed by atoms with Crippen LogP contribution in [0.15, 0.2) is 12.3 Å². The van der Waals surface area contributed by atoms with Crippen LogP contribution in [0.1, 0.15) is 23.6 Å². The lowest BCUT2D eigenvalue weighted by molar-refractivity contribution is 0.712. The molecular formula is C8H9ClN2. The lowest BCUT2D eigenvalue weighted by atomic mass is 10.1. The highest BCUT2D eigenvalue weighted by Crippen LogP contribution is 2.29. The number of nitrogens with zero attached hydrogens (tertiary/aromatic N) is 1. The van der Waals surface area contributed by atoms with Gasteiger partial charge in [0.25, 0.3) is 0 Å². The summed E-state index contributed by atoms with van der Waals surface area (Å²) in [4.78, 5) is 3.99. The molecule has 1 aromatic heterocycles. The molecule has 2 rings (SSSR count). The molecule has 0 saturated carbocycles. The maximum atomic E-state index is 5.81. The predicted molar refractivity (Wildman–Crippen MR) is 44.5 cm³/mol. The number of hydrogen-bond donors (Lipinski definition) is 1. The molecule has 1 heterocycles. The average Bonchev–Trinajstić information content (AvgIpc) is 2.32. The van der Waals surface area contributed by atoms with E-state index in [0.29, 0.717) is 5.15 Å². The van der Waals surface area contributed by atoms with E-state index in [9.17, 15) is 0 Å². The van der Waals surface area contributed by atoms with Crippen molar-refractivity contribution < 1.29 is 0 Å². The summed E-state index contributed by atoms with van der Waals surface area (Å²) in [5, 5.41) is 0.567. The Morgan fingerprint density at radius 1 is 1.64 bits per heavy atom. The Balaban J connectivity index is 2.50. The molecule has 0 radical (unpaired) electrons. The average molecular weight is 169 g/mol. The van der Waals surface area contributed by atoms with Crippen molar-refractivity contribution in [2.75, 3.05) is 0 Å². The monoisotopic (exact) mass is 168 g/mol. The number of aryl methyl sites for hydroxylation is 1. The van der Waals surface area contributed by atoms with Crippen LogP contribution in [0.25, 0.3) is 0 Å². The molecule has 1 aliphatic carbocycles. The first kappa shape index (κ1) is 7.07. The van der Waals surface area contributed by atoms with Crippen molar-refractivity contribution in [3.8, 4) is 0 Å². The fourth-order valence-corrected chi connectivity index (χ4v) is 1.68. The zero-order chi connectivity index (χ0) is 7.84. The smallest absolute Gasteiger partial charge is 0.129 e. The third kappa shape index (κ3) is 1.12. The maximum absolute atomic E-state index is 5.81. The lowest BCUT2D eigenvalue weighted by Gasteiger charge is -2.02. The zero-order valence-corrected chi connectivity index (χ0v) is 6.80. The summed E-state index contributed by atoms with van der Waals surface area (Å²) in [7, 11) is 0. The van der Waals surface area contributed by atoms with Gasteiger partial charge in [0.1, 0.15) is 5.15 Å². The van der Waals surface area contributed by atoms with E-state index in [1.54, 1.807) is 6.20 Å². The van der Waals surface area contributed by atoms with E-state index in [1.165, 1.54) is 5.56 Å². The van der Waals surface area contributed by atoms with Gasteiger partial charge in [0.15, 0.2) is 0 Å². The minimum atomic E-state index is 0.176. The number of fused-ring (bicyclic) bond motifs is 1. The molecule has 2 N–H and O–H groups in total. The van der Waals surface area contributed by atoms with Crippen LogP contribution in [0.4, 0.5) is 0 Å². The summed E-state index contributed by atoms with van der Waals surface area (Å²) in [6.45, 7) is 0. The van der Waals surface area contributed by atoms with Crippen molar-refractivity contribution in [1.82, 2.24) is 4.98 Å². The number of pyridine rings is 1. The first-order valence-corrected chi connectivity index (χ1v) is 4.05. The van der Waals surface area contributed by atoms with Crippen LogP contribution < -0.4 is 5.73 Å². The first-order valence-electron chi connectivity index (χ1n) is 3.67. The predicted octanol–water partition coefficient (Wildman–Crippen LogP) is 1.68.